The zero-order valence-corrected chi connectivity index (χ0v) is 16.2. The summed E-state index contributed by atoms with van der Waals surface area (Å²) in [4.78, 5) is 4.83. The van der Waals surface area contributed by atoms with Crippen molar-refractivity contribution in [3.05, 3.63) is 101 Å². The van der Waals surface area contributed by atoms with E-state index in [1.165, 1.54) is 22.3 Å². The number of nitrogens with one attached hydrogen (secondary N) is 2. The number of aliphatic imine (C=N–C) groups is 1. The lowest BCUT2D eigenvalue weighted by atomic mass is 9.90. The van der Waals surface area contributed by atoms with E-state index in [1.807, 2.05) is 0 Å². The average Bonchev–Trinajstić information content (AvgIpc) is 2.86. The molecule has 0 amide bonds. The Hall–Kier alpha value is -2.78. The lowest BCUT2D eigenvalue weighted by Gasteiger charge is -2.17. The Morgan fingerprint density at radius 3 is 2.56 bits per heavy atom. The van der Waals surface area contributed by atoms with Crippen molar-refractivity contribution in [3.8, 4) is 0 Å². The van der Waals surface area contributed by atoms with Gasteiger partial charge in [-0.25, -0.2) is 0 Å². The number of fused-ring (bicyclic) bond motifs is 1. The van der Waals surface area contributed by atoms with Crippen molar-refractivity contribution in [1.82, 2.24) is 5.32 Å². The van der Waals surface area contributed by atoms with Gasteiger partial charge < -0.3 is 10.6 Å². The SMILES string of the molecule is Cc1cccc(CNC2=NCC(c3ccccc3)c3ccccc3N2)c1.Cl. The van der Waals surface area contributed by atoms with E-state index in [4.69, 9.17) is 4.99 Å². The highest BCUT2D eigenvalue weighted by Crippen LogP contribution is 2.32. The minimum absolute atomic E-state index is 0. The predicted molar refractivity (Wildman–Crippen MR) is 116 cm³/mol. The lowest BCUT2D eigenvalue weighted by Crippen LogP contribution is -2.30. The van der Waals surface area contributed by atoms with E-state index >= 15 is 0 Å². The van der Waals surface area contributed by atoms with Gasteiger partial charge in [-0.2, -0.15) is 0 Å². The summed E-state index contributed by atoms with van der Waals surface area (Å²) in [6.07, 6.45) is 0. The van der Waals surface area contributed by atoms with Crippen LogP contribution in [0.4, 0.5) is 5.69 Å². The third kappa shape index (κ3) is 4.50. The summed E-state index contributed by atoms with van der Waals surface area (Å²) in [5, 5.41) is 6.94. The number of halogens is 1. The molecular formula is C23H24ClN3. The molecule has 0 bridgehead atoms. The van der Waals surface area contributed by atoms with Crippen LogP contribution in [-0.2, 0) is 6.54 Å². The van der Waals surface area contributed by atoms with Gasteiger partial charge in [-0.15, -0.1) is 12.4 Å². The molecule has 138 valence electrons. The van der Waals surface area contributed by atoms with Crippen LogP contribution in [0.1, 0.15) is 28.2 Å². The van der Waals surface area contributed by atoms with Crippen LogP contribution in [0, 0.1) is 6.92 Å². The molecule has 1 unspecified atom stereocenters. The highest BCUT2D eigenvalue weighted by atomic mass is 35.5. The Morgan fingerprint density at radius 1 is 0.963 bits per heavy atom. The highest BCUT2D eigenvalue weighted by Gasteiger charge is 2.20. The molecule has 0 aliphatic carbocycles. The molecule has 1 aliphatic rings. The maximum Gasteiger partial charge on any atom is 0.196 e. The van der Waals surface area contributed by atoms with Gasteiger partial charge >= 0.3 is 0 Å². The zero-order chi connectivity index (χ0) is 17.8. The van der Waals surface area contributed by atoms with Crippen LogP contribution in [0.5, 0.6) is 0 Å². The molecule has 0 aromatic heterocycles. The smallest absolute Gasteiger partial charge is 0.196 e. The normalized spacial score (nSPS) is 15.4. The minimum atomic E-state index is 0. The fourth-order valence-electron chi connectivity index (χ4n) is 3.44. The van der Waals surface area contributed by atoms with E-state index in [0.29, 0.717) is 0 Å². The van der Waals surface area contributed by atoms with Crippen LogP contribution < -0.4 is 10.6 Å². The fraction of sp³-hybridized carbons (Fsp3) is 0.174. The van der Waals surface area contributed by atoms with Gasteiger partial charge in [-0.3, -0.25) is 4.99 Å². The molecule has 1 heterocycles. The van der Waals surface area contributed by atoms with E-state index < -0.39 is 0 Å². The number of aryl methyl sites for hydroxylation is 1. The largest absolute Gasteiger partial charge is 0.352 e. The topological polar surface area (TPSA) is 36.4 Å². The van der Waals surface area contributed by atoms with Gasteiger partial charge in [0.05, 0.1) is 6.54 Å². The second kappa shape index (κ2) is 8.74. The fourth-order valence-corrected chi connectivity index (χ4v) is 3.44. The van der Waals surface area contributed by atoms with Gasteiger partial charge in [0.15, 0.2) is 5.96 Å². The van der Waals surface area contributed by atoms with E-state index in [1.54, 1.807) is 0 Å². The molecule has 0 spiro atoms. The number of para-hydroxylation sites is 1. The van der Waals surface area contributed by atoms with Crippen molar-refractivity contribution >= 4 is 24.1 Å². The maximum atomic E-state index is 4.83. The molecule has 1 atom stereocenters. The van der Waals surface area contributed by atoms with Crippen molar-refractivity contribution in [2.45, 2.75) is 19.4 Å². The van der Waals surface area contributed by atoms with Crippen LogP contribution in [0.25, 0.3) is 0 Å². The van der Waals surface area contributed by atoms with Crippen LogP contribution in [0.15, 0.2) is 83.9 Å². The van der Waals surface area contributed by atoms with Gasteiger partial charge in [0, 0.05) is 18.2 Å². The molecule has 3 aromatic rings. The summed E-state index contributed by atoms with van der Waals surface area (Å²) in [7, 11) is 0. The summed E-state index contributed by atoms with van der Waals surface area (Å²) in [6, 6.07) is 27.6. The van der Waals surface area contributed by atoms with Gasteiger partial charge in [-0.05, 0) is 29.7 Å². The number of anilines is 1. The summed E-state index contributed by atoms with van der Waals surface area (Å²) >= 11 is 0. The Kier molecular flexibility index (Phi) is 6.15. The standard InChI is InChI=1S/C23H23N3.ClH/c1-17-8-7-9-18(14-17)15-24-23-25-16-21(19-10-3-2-4-11-19)20-12-5-6-13-22(20)26-23;/h2-14,21H,15-16H2,1H3,(H2,24,25,26);1H. The van der Waals surface area contributed by atoms with Crippen molar-refractivity contribution in [2.75, 3.05) is 11.9 Å². The van der Waals surface area contributed by atoms with Crippen molar-refractivity contribution in [2.24, 2.45) is 4.99 Å². The zero-order valence-electron chi connectivity index (χ0n) is 15.4. The van der Waals surface area contributed by atoms with Crippen molar-refractivity contribution in [3.63, 3.8) is 0 Å². The number of nitrogens with zero attached hydrogens (tertiary/aromatic N) is 1. The second-order valence-electron chi connectivity index (χ2n) is 6.71. The summed E-state index contributed by atoms with van der Waals surface area (Å²) in [5.41, 5.74) is 6.23. The minimum Gasteiger partial charge on any atom is -0.352 e. The van der Waals surface area contributed by atoms with E-state index in [2.05, 4.69) is 96.4 Å². The molecule has 0 fully saturated rings. The molecular weight excluding hydrogens is 354 g/mol. The van der Waals surface area contributed by atoms with Crippen LogP contribution in [-0.4, -0.2) is 12.5 Å². The quantitative estimate of drug-likeness (QED) is 0.664. The number of hydrogen-bond acceptors (Lipinski definition) is 3. The number of benzene rings is 3. The molecule has 1 aliphatic heterocycles. The lowest BCUT2D eigenvalue weighted by molar-refractivity contribution is 0.817. The molecule has 4 rings (SSSR count). The molecule has 0 saturated heterocycles. The molecule has 3 aromatic carbocycles. The van der Waals surface area contributed by atoms with E-state index in [0.717, 1.165) is 24.7 Å². The number of rotatable bonds is 3. The van der Waals surface area contributed by atoms with Gasteiger partial charge in [-0.1, -0.05) is 78.4 Å². The van der Waals surface area contributed by atoms with Crippen LogP contribution in [0.2, 0.25) is 0 Å². The molecule has 0 radical (unpaired) electrons. The monoisotopic (exact) mass is 377 g/mol. The third-order valence-electron chi connectivity index (χ3n) is 4.77. The molecule has 27 heavy (non-hydrogen) atoms. The van der Waals surface area contributed by atoms with Crippen molar-refractivity contribution < 1.29 is 0 Å². The predicted octanol–water partition coefficient (Wildman–Crippen LogP) is 5.12. The van der Waals surface area contributed by atoms with Gasteiger partial charge in [0.2, 0.25) is 0 Å². The first-order valence-electron chi connectivity index (χ1n) is 9.04. The first-order valence-corrected chi connectivity index (χ1v) is 9.04. The Bertz CT molecular complexity index is 922. The molecule has 3 nitrogen and oxygen atoms in total. The maximum absolute atomic E-state index is 4.83. The van der Waals surface area contributed by atoms with E-state index in [-0.39, 0.29) is 18.3 Å². The van der Waals surface area contributed by atoms with Gasteiger partial charge in [0.1, 0.15) is 0 Å². The first kappa shape index (κ1) is 19.0. The Labute approximate surface area is 167 Å². The second-order valence-corrected chi connectivity index (χ2v) is 6.71. The van der Waals surface area contributed by atoms with Crippen LogP contribution in [0.3, 0.4) is 0 Å². The Morgan fingerprint density at radius 2 is 1.74 bits per heavy atom. The number of hydrogen-bond donors (Lipinski definition) is 2. The van der Waals surface area contributed by atoms with Gasteiger partial charge in [0.25, 0.3) is 0 Å². The molecule has 4 heteroatoms. The van der Waals surface area contributed by atoms with Crippen molar-refractivity contribution in [1.29, 1.82) is 0 Å². The summed E-state index contributed by atoms with van der Waals surface area (Å²) in [6.45, 7) is 3.60. The Balaban J connectivity index is 0.00000210. The molecule has 2 N–H and O–H groups in total. The first-order chi connectivity index (χ1) is 12.8. The van der Waals surface area contributed by atoms with E-state index in [9.17, 15) is 0 Å². The molecule has 0 saturated carbocycles. The summed E-state index contributed by atoms with van der Waals surface area (Å²) in [5.74, 6) is 1.09. The van der Waals surface area contributed by atoms with Crippen LogP contribution >= 0.6 is 12.4 Å². The summed E-state index contributed by atoms with van der Waals surface area (Å²) < 4.78 is 0. The highest BCUT2D eigenvalue weighted by molar-refractivity contribution is 5.95. The third-order valence-corrected chi connectivity index (χ3v) is 4.77. The average molecular weight is 378 g/mol. The number of guanidine groups is 1.